The van der Waals surface area contributed by atoms with Crippen molar-refractivity contribution in [3.05, 3.63) is 95.3 Å². The Labute approximate surface area is 236 Å². The minimum Gasteiger partial charge on any atom is -0.368 e. The fraction of sp³-hybridized carbons (Fsp3) is 0.161. The van der Waals surface area contributed by atoms with Crippen LogP contribution in [0, 0.1) is 0 Å². The predicted molar refractivity (Wildman–Crippen MR) is 161 cm³/mol. The van der Waals surface area contributed by atoms with Gasteiger partial charge in [0.15, 0.2) is 0 Å². The zero-order chi connectivity index (χ0) is 27.5. The number of amides is 2. The summed E-state index contributed by atoms with van der Waals surface area (Å²) in [6, 6.07) is 25.7. The van der Waals surface area contributed by atoms with E-state index >= 15 is 0 Å². The highest BCUT2D eigenvalue weighted by atomic mass is 32.1. The summed E-state index contributed by atoms with van der Waals surface area (Å²) in [5.74, 6) is 0.525. The smallest absolute Gasteiger partial charge is 0.265 e. The topological polar surface area (TPSA) is 90.5 Å². The number of hydrogen-bond donors (Lipinski definition) is 2. The van der Waals surface area contributed by atoms with Crippen molar-refractivity contribution in [1.82, 2.24) is 14.9 Å². The molecule has 1 saturated heterocycles. The Bertz CT molecular complexity index is 1660. The average molecular weight is 549 g/mol. The first kappa shape index (κ1) is 25.5. The van der Waals surface area contributed by atoms with Gasteiger partial charge in [0.25, 0.3) is 5.91 Å². The molecule has 0 saturated carbocycles. The van der Waals surface area contributed by atoms with Gasteiger partial charge in [0.2, 0.25) is 11.9 Å². The highest BCUT2D eigenvalue weighted by molar-refractivity contribution is 7.12. The van der Waals surface area contributed by atoms with Crippen LogP contribution in [0.1, 0.15) is 16.6 Å². The number of thiophene rings is 1. The average Bonchev–Trinajstić information content (AvgIpc) is 3.53. The summed E-state index contributed by atoms with van der Waals surface area (Å²) >= 11 is 1.41. The first-order valence-corrected chi connectivity index (χ1v) is 14.0. The van der Waals surface area contributed by atoms with Crippen LogP contribution in [-0.4, -0.2) is 52.9 Å². The lowest BCUT2D eigenvalue weighted by molar-refractivity contribution is -0.129. The number of anilines is 4. The number of nitrogens with one attached hydrogen (secondary N) is 2. The zero-order valence-corrected chi connectivity index (χ0v) is 22.8. The van der Waals surface area contributed by atoms with Gasteiger partial charge in [-0.1, -0.05) is 42.5 Å². The van der Waals surface area contributed by atoms with Gasteiger partial charge in [-0.2, -0.15) is 0 Å². The molecule has 3 heterocycles. The summed E-state index contributed by atoms with van der Waals surface area (Å²) in [6.07, 6.45) is 1.83. The van der Waals surface area contributed by atoms with E-state index in [1.54, 1.807) is 6.92 Å². The van der Waals surface area contributed by atoms with E-state index in [1.165, 1.54) is 11.3 Å². The summed E-state index contributed by atoms with van der Waals surface area (Å²) in [6.45, 7) is 4.68. The van der Waals surface area contributed by atoms with Crippen molar-refractivity contribution in [2.75, 3.05) is 41.7 Å². The molecule has 5 aromatic rings. The van der Waals surface area contributed by atoms with Crippen LogP contribution in [0.4, 0.5) is 23.0 Å². The molecule has 0 radical (unpaired) electrons. The molecule has 2 amide bonds. The van der Waals surface area contributed by atoms with Crippen molar-refractivity contribution >= 4 is 57.1 Å². The molecule has 0 spiro atoms. The number of aromatic nitrogens is 2. The summed E-state index contributed by atoms with van der Waals surface area (Å²) < 4.78 is 0. The number of fused-ring (bicyclic) bond motifs is 1. The van der Waals surface area contributed by atoms with Crippen LogP contribution < -0.4 is 15.5 Å². The van der Waals surface area contributed by atoms with Crippen molar-refractivity contribution in [3.63, 3.8) is 0 Å². The van der Waals surface area contributed by atoms with Gasteiger partial charge in [-0.3, -0.25) is 9.59 Å². The maximum atomic E-state index is 12.4. The molecule has 1 aliphatic rings. The van der Waals surface area contributed by atoms with Gasteiger partial charge in [-0.05, 0) is 47.3 Å². The quantitative estimate of drug-likeness (QED) is 0.270. The van der Waals surface area contributed by atoms with E-state index in [4.69, 9.17) is 4.98 Å². The van der Waals surface area contributed by atoms with Crippen molar-refractivity contribution in [2.45, 2.75) is 6.92 Å². The Kier molecular flexibility index (Phi) is 7.11. The van der Waals surface area contributed by atoms with Gasteiger partial charge in [0, 0.05) is 67.3 Å². The SMILES string of the molecule is CC(=O)N1CCN(c2cccc(Nc3ncc4cccc(-c5ccc(NC(=O)c6cccs6)cc5)c4n3)c2)CC1. The second-order valence-corrected chi connectivity index (χ2v) is 10.6. The van der Waals surface area contributed by atoms with Crippen molar-refractivity contribution in [1.29, 1.82) is 0 Å². The van der Waals surface area contributed by atoms with Gasteiger partial charge in [0.1, 0.15) is 0 Å². The van der Waals surface area contributed by atoms with Crippen molar-refractivity contribution < 1.29 is 9.59 Å². The summed E-state index contributed by atoms with van der Waals surface area (Å²) in [5, 5.41) is 9.14. The van der Waals surface area contributed by atoms with Crippen LogP contribution in [-0.2, 0) is 4.79 Å². The molecule has 1 fully saturated rings. The summed E-state index contributed by atoms with van der Waals surface area (Å²) in [7, 11) is 0. The summed E-state index contributed by atoms with van der Waals surface area (Å²) in [4.78, 5) is 38.3. The first-order valence-electron chi connectivity index (χ1n) is 13.1. The molecule has 8 nitrogen and oxygen atoms in total. The fourth-order valence-corrected chi connectivity index (χ4v) is 5.49. The molecule has 2 aromatic heterocycles. The Morgan fingerprint density at radius 1 is 0.875 bits per heavy atom. The molecule has 0 atom stereocenters. The molecule has 0 unspecified atom stereocenters. The van der Waals surface area contributed by atoms with Crippen LogP contribution >= 0.6 is 11.3 Å². The van der Waals surface area contributed by atoms with Crippen LogP contribution in [0.15, 0.2) is 90.4 Å². The fourth-order valence-electron chi connectivity index (χ4n) is 4.87. The molecule has 40 heavy (non-hydrogen) atoms. The van der Waals surface area contributed by atoms with Gasteiger partial charge >= 0.3 is 0 Å². The second kappa shape index (κ2) is 11.2. The van der Waals surface area contributed by atoms with E-state index < -0.39 is 0 Å². The molecule has 6 rings (SSSR count). The lowest BCUT2D eigenvalue weighted by Gasteiger charge is -2.35. The molecule has 2 N–H and O–H groups in total. The van der Waals surface area contributed by atoms with E-state index in [1.807, 2.05) is 83.2 Å². The standard InChI is InChI=1S/C31H28N6O2S/c1-21(38)36-14-16-37(17-15-36)26-7-3-6-25(19-26)34-31-32-20-23-5-2-8-27(29(23)35-31)22-10-12-24(13-11-22)33-30(39)28-9-4-18-40-28/h2-13,18-20H,14-17H2,1H3,(H,33,39)(H,32,34,35). The zero-order valence-electron chi connectivity index (χ0n) is 22.0. The lowest BCUT2D eigenvalue weighted by atomic mass is 10.0. The van der Waals surface area contributed by atoms with Gasteiger partial charge < -0.3 is 20.4 Å². The predicted octanol–water partition coefficient (Wildman–Crippen LogP) is 6.02. The van der Waals surface area contributed by atoms with E-state index in [0.29, 0.717) is 10.8 Å². The Balaban J connectivity index is 1.20. The van der Waals surface area contributed by atoms with Gasteiger partial charge in [-0.15, -0.1) is 11.3 Å². The third-order valence-electron chi connectivity index (χ3n) is 7.00. The van der Waals surface area contributed by atoms with E-state index in [9.17, 15) is 9.59 Å². The normalized spacial score (nSPS) is 13.3. The largest absolute Gasteiger partial charge is 0.368 e. The Morgan fingerprint density at radius 3 is 2.42 bits per heavy atom. The van der Waals surface area contributed by atoms with Crippen molar-refractivity contribution in [3.8, 4) is 11.1 Å². The molecule has 200 valence electrons. The number of para-hydroxylation sites is 1. The van der Waals surface area contributed by atoms with Gasteiger partial charge in [0.05, 0.1) is 10.4 Å². The first-order chi connectivity index (χ1) is 19.5. The third kappa shape index (κ3) is 5.50. The number of benzene rings is 3. The maximum Gasteiger partial charge on any atom is 0.265 e. The van der Waals surface area contributed by atoms with Crippen LogP contribution in [0.2, 0.25) is 0 Å². The van der Waals surface area contributed by atoms with Crippen molar-refractivity contribution in [2.24, 2.45) is 0 Å². The van der Waals surface area contributed by atoms with Crippen LogP contribution in [0.3, 0.4) is 0 Å². The number of hydrogen-bond acceptors (Lipinski definition) is 7. The summed E-state index contributed by atoms with van der Waals surface area (Å²) in [5.41, 5.74) is 5.55. The number of carbonyl (C=O) groups excluding carboxylic acids is 2. The molecule has 3 aromatic carbocycles. The minimum atomic E-state index is -0.112. The minimum absolute atomic E-state index is 0.112. The van der Waals surface area contributed by atoms with Crippen LogP contribution in [0.5, 0.6) is 0 Å². The Morgan fingerprint density at radius 2 is 1.68 bits per heavy atom. The molecule has 0 aliphatic carbocycles. The third-order valence-corrected chi connectivity index (χ3v) is 7.87. The molecule has 9 heteroatoms. The number of piperazine rings is 1. The van der Waals surface area contributed by atoms with Gasteiger partial charge in [-0.25, -0.2) is 9.97 Å². The maximum absolute atomic E-state index is 12.4. The highest BCUT2D eigenvalue weighted by Gasteiger charge is 2.19. The number of rotatable bonds is 6. The highest BCUT2D eigenvalue weighted by Crippen LogP contribution is 2.30. The number of carbonyl (C=O) groups is 2. The second-order valence-electron chi connectivity index (χ2n) is 9.61. The Hall–Kier alpha value is -4.76. The molecular formula is C31H28N6O2S. The number of nitrogens with zero attached hydrogens (tertiary/aromatic N) is 4. The molecule has 0 bridgehead atoms. The van der Waals surface area contributed by atoms with E-state index in [2.05, 4.69) is 32.7 Å². The van der Waals surface area contributed by atoms with E-state index in [0.717, 1.165) is 65.3 Å². The lowest BCUT2D eigenvalue weighted by Crippen LogP contribution is -2.48. The van der Waals surface area contributed by atoms with E-state index in [-0.39, 0.29) is 11.8 Å². The molecule has 1 aliphatic heterocycles. The monoisotopic (exact) mass is 548 g/mol. The molecular weight excluding hydrogens is 520 g/mol. The van der Waals surface area contributed by atoms with Crippen LogP contribution in [0.25, 0.3) is 22.0 Å².